The van der Waals surface area contributed by atoms with E-state index in [2.05, 4.69) is 27.2 Å². The maximum absolute atomic E-state index is 14.0. The third-order valence-corrected chi connectivity index (χ3v) is 7.28. The molecular formula is C27H27FN4O2. The lowest BCUT2D eigenvalue weighted by atomic mass is 9.86. The lowest BCUT2D eigenvalue weighted by molar-refractivity contribution is -0.0970. The molecule has 2 fully saturated rings. The number of halogens is 1. The van der Waals surface area contributed by atoms with E-state index in [0.29, 0.717) is 0 Å². The second-order valence-electron chi connectivity index (χ2n) is 9.79. The van der Waals surface area contributed by atoms with Gasteiger partial charge >= 0.3 is 0 Å². The number of rotatable bonds is 4. The molecule has 0 bridgehead atoms. The van der Waals surface area contributed by atoms with E-state index in [-0.39, 0.29) is 11.2 Å². The maximum Gasteiger partial charge on any atom is 0.234 e. The summed E-state index contributed by atoms with van der Waals surface area (Å²) in [4.78, 5) is 12.5. The van der Waals surface area contributed by atoms with Crippen LogP contribution in [0.1, 0.15) is 43.0 Å². The monoisotopic (exact) mass is 458 g/mol. The molecule has 1 saturated heterocycles. The highest BCUT2D eigenvalue weighted by atomic mass is 19.1. The van der Waals surface area contributed by atoms with Crippen LogP contribution in [-0.2, 0) is 10.6 Å². The SMILES string of the molecule is COc1cc(/C=C2\CC3(CC3)CN3C2=NOC3(C)c2cccc(F)c2)ccc1-n1cnc(C)c1. The Hall–Kier alpha value is -3.61. The van der Waals surface area contributed by atoms with Crippen molar-refractivity contribution in [3.63, 3.8) is 0 Å². The molecule has 1 atom stereocenters. The van der Waals surface area contributed by atoms with Crippen molar-refractivity contribution in [2.75, 3.05) is 13.7 Å². The fourth-order valence-electron chi connectivity index (χ4n) is 5.13. The van der Waals surface area contributed by atoms with Gasteiger partial charge in [-0.2, -0.15) is 0 Å². The standard InChI is InChI=1S/C27H27FN4O2/c1-18-15-31(17-29-18)23-8-7-19(12-24(23)33-3)11-20-14-27(9-10-27)16-32-25(20)30-34-26(32,2)21-5-4-6-22(28)13-21/h4-8,11-13,15,17H,9-10,14,16H2,1-3H3/b20-11+. The molecule has 34 heavy (non-hydrogen) atoms. The summed E-state index contributed by atoms with van der Waals surface area (Å²) in [6, 6.07) is 12.8. The second kappa shape index (κ2) is 7.45. The van der Waals surface area contributed by atoms with Crippen molar-refractivity contribution in [3.05, 3.63) is 83.2 Å². The van der Waals surface area contributed by atoms with Gasteiger partial charge in [0.2, 0.25) is 5.72 Å². The third kappa shape index (κ3) is 3.38. The van der Waals surface area contributed by atoms with Crippen LogP contribution in [-0.4, -0.2) is 33.9 Å². The molecule has 3 heterocycles. The van der Waals surface area contributed by atoms with Crippen molar-refractivity contribution in [2.45, 2.75) is 38.8 Å². The van der Waals surface area contributed by atoms with Crippen molar-refractivity contribution < 1.29 is 14.0 Å². The summed E-state index contributed by atoms with van der Waals surface area (Å²) in [6.07, 6.45) is 9.25. The molecule has 6 nitrogen and oxygen atoms in total. The molecule has 7 heteroatoms. The first-order chi connectivity index (χ1) is 16.4. The zero-order valence-corrected chi connectivity index (χ0v) is 19.6. The molecule has 174 valence electrons. The summed E-state index contributed by atoms with van der Waals surface area (Å²) in [5, 5.41) is 4.51. The molecule has 1 spiro atoms. The number of hydrogen-bond acceptors (Lipinski definition) is 5. The van der Waals surface area contributed by atoms with Gasteiger partial charge in [-0.3, -0.25) is 0 Å². The molecule has 0 radical (unpaired) electrons. The molecule has 6 rings (SSSR count). The summed E-state index contributed by atoms with van der Waals surface area (Å²) < 4.78 is 21.7. The number of hydrogen-bond donors (Lipinski definition) is 0. The zero-order valence-electron chi connectivity index (χ0n) is 19.6. The number of fused-ring (bicyclic) bond motifs is 1. The Kier molecular flexibility index (Phi) is 4.59. The number of benzene rings is 2. The number of piperidine rings is 1. The minimum Gasteiger partial charge on any atom is -0.495 e. The van der Waals surface area contributed by atoms with Crippen LogP contribution < -0.4 is 4.74 Å². The van der Waals surface area contributed by atoms with Gasteiger partial charge in [-0.05, 0) is 73.1 Å². The highest BCUT2D eigenvalue weighted by Crippen LogP contribution is 2.57. The average Bonchev–Trinajstić information content (AvgIpc) is 3.27. The highest BCUT2D eigenvalue weighted by Gasteiger charge is 2.56. The van der Waals surface area contributed by atoms with E-state index in [0.717, 1.165) is 52.6 Å². The molecule has 1 unspecified atom stereocenters. The Labute approximate surface area is 198 Å². The fourth-order valence-corrected chi connectivity index (χ4v) is 5.13. The van der Waals surface area contributed by atoms with Gasteiger partial charge < -0.3 is 19.0 Å². The van der Waals surface area contributed by atoms with Crippen molar-refractivity contribution in [1.82, 2.24) is 14.5 Å². The fraction of sp³-hybridized carbons (Fsp3) is 0.333. The predicted molar refractivity (Wildman–Crippen MR) is 128 cm³/mol. The summed E-state index contributed by atoms with van der Waals surface area (Å²) in [6.45, 7) is 4.80. The number of nitrogens with zero attached hydrogens (tertiary/aromatic N) is 4. The van der Waals surface area contributed by atoms with Crippen LogP contribution >= 0.6 is 0 Å². The van der Waals surface area contributed by atoms with Crippen LogP contribution in [0.25, 0.3) is 11.8 Å². The number of methoxy groups -OCH3 is 1. The Balaban J connectivity index is 1.37. The number of imidazole rings is 1. The van der Waals surface area contributed by atoms with E-state index in [9.17, 15) is 4.39 Å². The minimum atomic E-state index is -0.826. The van der Waals surface area contributed by atoms with Gasteiger partial charge in [-0.15, -0.1) is 0 Å². The first-order valence-corrected chi connectivity index (χ1v) is 11.6. The average molecular weight is 459 g/mol. The molecule has 1 aromatic heterocycles. The van der Waals surface area contributed by atoms with Gasteiger partial charge in [0, 0.05) is 25.2 Å². The first kappa shape index (κ1) is 21.0. The second-order valence-corrected chi connectivity index (χ2v) is 9.79. The van der Waals surface area contributed by atoms with Crippen LogP contribution in [0.3, 0.4) is 0 Å². The number of aromatic nitrogens is 2. The van der Waals surface area contributed by atoms with E-state index in [1.165, 1.54) is 25.0 Å². The summed E-state index contributed by atoms with van der Waals surface area (Å²) in [5.74, 6) is 1.33. The van der Waals surface area contributed by atoms with Crippen molar-refractivity contribution >= 4 is 11.9 Å². The lowest BCUT2D eigenvalue weighted by Crippen LogP contribution is -2.50. The zero-order chi connectivity index (χ0) is 23.5. The molecule has 2 aromatic carbocycles. The Morgan fingerprint density at radius 2 is 2.03 bits per heavy atom. The van der Waals surface area contributed by atoms with E-state index in [1.807, 2.05) is 42.8 Å². The summed E-state index contributed by atoms with van der Waals surface area (Å²) in [7, 11) is 1.68. The molecule has 0 N–H and O–H groups in total. The molecule has 1 aliphatic carbocycles. The van der Waals surface area contributed by atoms with E-state index < -0.39 is 5.72 Å². The first-order valence-electron chi connectivity index (χ1n) is 11.6. The van der Waals surface area contributed by atoms with Crippen LogP contribution in [0, 0.1) is 18.2 Å². The van der Waals surface area contributed by atoms with Gasteiger partial charge in [0.05, 0.1) is 24.8 Å². The number of aryl methyl sites for hydroxylation is 1. The van der Waals surface area contributed by atoms with Gasteiger partial charge in [0.25, 0.3) is 0 Å². The smallest absolute Gasteiger partial charge is 0.234 e. The Bertz CT molecular complexity index is 1340. The van der Waals surface area contributed by atoms with Gasteiger partial charge in [0.1, 0.15) is 11.6 Å². The lowest BCUT2D eigenvalue weighted by Gasteiger charge is -2.41. The molecule has 1 saturated carbocycles. The number of ether oxygens (including phenoxy) is 1. The van der Waals surface area contributed by atoms with Gasteiger partial charge in [0.15, 0.2) is 5.84 Å². The quantitative estimate of drug-likeness (QED) is 0.524. The van der Waals surface area contributed by atoms with Crippen LogP contribution in [0.5, 0.6) is 5.75 Å². The van der Waals surface area contributed by atoms with Gasteiger partial charge in [-0.1, -0.05) is 23.4 Å². The summed E-state index contributed by atoms with van der Waals surface area (Å²) >= 11 is 0. The van der Waals surface area contributed by atoms with Crippen molar-refractivity contribution in [1.29, 1.82) is 0 Å². The van der Waals surface area contributed by atoms with Crippen LogP contribution in [0.4, 0.5) is 4.39 Å². The molecule has 2 aliphatic heterocycles. The van der Waals surface area contributed by atoms with Crippen molar-refractivity contribution in [2.24, 2.45) is 10.6 Å². The highest BCUT2D eigenvalue weighted by molar-refractivity contribution is 6.04. The summed E-state index contributed by atoms with van der Waals surface area (Å²) in [5.41, 5.74) is 4.23. The van der Waals surface area contributed by atoms with E-state index >= 15 is 0 Å². The van der Waals surface area contributed by atoms with E-state index in [4.69, 9.17) is 9.57 Å². The number of amidine groups is 1. The van der Waals surface area contributed by atoms with Gasteiger partial charge in [-0.25, -0.2) is 9.37 Å². The van der Waals surface area contributed by atoms with Crippen molar-refractivity contribution in [3.8, 4) is 11.4 Å². The van der Waals surface area contributed by atoms with Crippen LogP contribution in [0.15, 0.2) is 65.7 Å². The number of oxime groups is 1. The third-order valence-electron chi connectivity index (χ3n) is 7.28. The minimum absolute atomic E-state index is 0.228. The molecule has 3 aromatic rings. The normalized spacial score (nSPS) is 23.6. The Morgan fingerprint density at radius 3 is 2.74 bits per heavy atom. The predicted octanol–water partition coefficient (Wildman–Crippen LogP) is 5.41. The molecule has 3 aliphatic rings. The maximum atomic E-state index is 14.0. The van der Waals surface area contributed by atoms with Crippen LogP contribution in [0.2, 0.25) is 0 Å². The topological polar surface area (TPSA) is 51.9 Å². The molecular weight excluding hydrogens is 431 g/mol. The largest absolute Gasteiger partial charge is 0.495 e. The Morgan fingerprint density at radius 1 is 1.18 bits per heavy atom. The van der Waals surface area contributed by atoms with E-state index in [1.54, 1.807) is 19.5 Å². The molecule has 0 amide bonds.